The van der Waals surface area contributed by atoms with Crippen LogP contribution in [0.25, 0.3) is 6.08 Å². The second-order valence-corrected chi connectivity index (χ2v) is 8.63. The maximum absolute atomic E-state index is 12.8. The molecule has 2 aromatic heterocycles. The third-order valence-electron chi connectivity index (χ3n) is 4.11. The summed E-state index contributed by atoms with van der Waals surface area (Å²) in [5.41, 5.74) is 1.34. The van der Waals surface area contributed by atoms with Crippen molar-refractivity contribution in [1.29, 1.82) is 0 Å². The molecule has 0 radical (unpaired) electrons. The second kappa shape index (κ2) is 8.78. The molecule has 0 spiro atoms. The lowest BCUT2D eigenvalue weighted by Crippen LogP contribution is -2.27. The molecule has 1 aromatic carbocycles. The SMILES string of the molecule is COc1cc(/C=C2\SC(=S)N(c3cccnc3)C2=O)ccc1OC(=O)c1cccs1. The van der Waals surface area contributed by atoms with Crippen LogP contribution in [0.4, 0.5) is 5.69 Å². The van der Waals surface area contributed by atoms with Crippen LogP contribution in [0.5, 0.6) is 11.5 Å². The first-order valence-corrected chi connectivity index (χ1v) is 10.8. The molecule has 1 saturated heterocycles. The van der Waals surface area contributed by atoms with E-state index >= 15 is 0 Å². The molecule has 9 heteroatoms. The number of amides is 1. The number of methoxy groups -OCH3 is 1. The van der Waals surface area contributed by atoms with E-state index in [4.69, 9.17) is 21.7 Å². The number of hydrogen-bond acceptors (Lipinski definition) is 8. The molecule has 4 rings (SSSR count). The Balaban J connectivity index is 1.57. The van der Waals surface area contributed by atoms with E-state index in [1.54, 1.807) is 66.3 Å². The lowest BCUT2D eigenvalue weighted by molar-refractivity contribution is -0.113. The zero-order valence-electron chi connectivity index (χ0n) is 15.6. The largest absolute Gasteiger partial charge is 0.493 e. The Kier molecular flexibility index (Phi) is 5.93. The predicted octanol–water partition coefficient (Wildman–Crippen LogP) is 4.78. The molecule has 1 aliphatic heterocycles. The van der Waals surface area contributed by atoms with Gasteiger partial charge >= 0.3 is 5.97 Å². The van der Waals surface area contributed by atoms with Gasteiger partial charge in [0.05, 0.1) is 23.9 Å². The molecule has 1 fully saturated rings. The molecule has 1 aliphatic rings. The Bertz CT molecular complexity index is 1140. The first kappa shape index (κ1) is 20.3. The van der Waals surface area contributed by atoms with Crippen molar-refractivity contribution in [2.75, 3.05) is 12.0 Å². The van der Waals surface area contributed by atoms with Crippen LogP contribution < -0.4 is 14.4 Å². The van der Waals surface area contributed by atoms with E-state index in [0.29, 0.717) is 31.3 Å². The van der Waals surface area contributed by atoms with Crippen molar-refractivity contribution < 1.29 is 19.1 Å². The Hall–Kier alpha value is -3.01. The van der Waals surface area contributed by atoms with Gasteiger partial charge < -0.3 is 9.47 Å². The highest BCUT2D eigenvalue weighted by atomic mass is 32.2. The van der Waals surface area contributed by atoms with Crippen molar-refractivity contribution >= 4 is 63.3 Å². The van der Waals surface area contributed by atoms with Gasteiger partial charge in [0.2, 0.25) is 0 Å². The number of pyridine rings is 1. The second-order valence-electron chi connectivity index (χ2n) is 6.01. The number of aromatic nitrogens is 1. The topological polar surface area (TPSA) is 68.7 Å². The summed E-state index contributed by atoms with van der Waals surface area (Å²) >= 11 is 7.88. The summed E-state index contributed by atoms with van der Waals surface area (Å²) < 4.78 is 11.2. The number of thiophene rings is 1. The molecule has 0 bridgehead atoms. The number of carbonyl (C=O) groups excluding carboxylic acids is 2. The first-order valence-electron chi connectivity index (χ1n) is 8.68. The highest BCUT2D eigenvalue weighted by Gasteiger charge is 2.33. The molecule has 0 N–H and O–H groups in total. The minimum atomic E-state index is -0.451. The number of nitrogens with zero attached hydrogens (tertiary/aromatic N) is 2. The Morgan fingerprint density at radius 1 is 1.20 bits per heavy atom. The van der Waals surface area contributed by atoms with Gasteiger partial charge in [-0.15, -0.1) is 11.3 Å². The van der Waals surface area contributed by atoms with E-state index in [2.05, 4.69) is 4.98 Å². The zero-order valence-corrected chi connectivity index (χ0v) is 18.1. The van der Waals surface area contributed by atoms with Gasteiger partial charge in [-0.1, -0.05) is 36.1 Å². The normalized spacial score (nSPS) is 15.0. The summed E-state index contributed by atoms with van der Waals surface area (Å²) in [6.07, 6.45) is 4.95. The van der Waals surface area contributed by atoms with Gasteiger partial charge in [-0.05, 0) is 47.4 Å². The van der Waals surface area contributed by atoms with Crippen LogP contribution in [-0.4, -0.2) is 28.3 Å². The number of thiocarbonyl (C=S) groups is 1. The predicted molar refractivity (Wildman–Crippen MR) is 122 cm³/mol. The Morgan fingerprint density at radius 3 is 2.77 bits per heavy atom. The fourth-order valence-corrected chi connectivity index (χ4v) is 4.63. The van der Waals surface area contributed by atoms with Crippen molar-refractivity contribution in [2.24, 2.45) is 0 Å². The quantitative estimate of drug-likeness (QED) is 0.238. The van der Waals surface area contributed by atoms with Gasteiger partial charge in [0, 0.05) is 6.20 Å². The maximum Gasteiger partial charge on any atom is 0.353 e. The fourth-order valence-electron chi connectivity index (χ4n) is 2.73. The van der Waals surface area contributed by atoms with Crippen LogP contribution in [0.2, 0.25) is 0 Å². The molecule has 1 amide bonds. The molecular weight excluding hydrogens is 440 g/mol. The number of carbonyl (C=O) groups is 2. The van der Waals surface area contributed by atoms with Gasteiger partial charge in [0.25, 0.3) is 5.91 Å². The number of rotatable bonds is 5. The number of hydrogen-bond donors (Lipinski definition) is 0. The van der Waals surface area contributed by atoms with Crippen molar-refractivity contribution in [2.45, 2.75) is 0 Å². The van der Waals surface area contributed by atoms with E-state index in [9.17, 15) is 9.59 Å². The number of anilines is 1. The van der Waals surface area contributed by atoms with E-state index in [0.717, 1.165) is 5.56 Å². The number of ether oxygens (including phenoxy) is 2. The number of esters is 1. The Labute approximate surface area is 186 Å². The summed E-state index contributed by atoms with van der Waals surface area (Å²) in [4.78, 5) is 31.5. The highest BCUT2D eigenvalue weighted by molar-refractivity contribution is 8.27. The molecule has 0 saturated carbocycles. The summed E-state index contributed by atoms with van der Waals surface area (Å²) in [6, 6.07) is 12.1. The van der Waals surface area contributed by atoms with Crippen LogP contribution in [0.1, 0.15) is 15.2 Å². The van der Waals surface area contributed by atoms with E-state index in [1.165, 1.54) is 35.1 Å². The van der Waals surface area contributed by atoms with Gasteiger partial charge in [0.15, 0.2) is 15.8 Å². The van der Waals surface area contributed by atoms with Crippen LogP contribution in [0, 0.1) is 0 Å². The third-order valence-corrected chi connectivity index (χ3v) is 6.26. The zero-order chi connectivity index (χ0) is 21.1. The van der Waals surface area contributed by atoms with Crippen molar-refractivity contribution in [1.82, 2.24) is 4.98 Å². The lowest BCUT2D eigenvalue weighted by Gasteiger charge is -2.13. The van der Waals surface area contributed by atoms with Crippen molar-refractivity contribution in [3.63, 3.8) is 0 Å². The average Bonchev–Trinajstić information content (AvgIpc) is 3.38. The Morgan fingerprint density at radius 2 is 2.07 bits per heavy atom. The van der Waals surface area contributed by atoms with E-state index < -0.39 is 5.97 Å². The molecule has 150 valence electrons. The van der Waals surface area contributed by atoms with Crippen molar-refractivity contribution in [3.8, 4) is 11.5 Å². The molecule has 3 heterocycles. The molecular formula is C21H14N2O4S3. The molecule has 3 aromatic rings. The van der Waals surface area contributed by atoms with Crippen molar-refractivity contribution in [3.05, 3.63) is 75.6 Å². The summed E-state index contributed by atoms with van der Waals surface area (Å²) in [6.45, 7) is 0. The van der Waals surface area contributed by atoms with Gasteiger partial charge in [0.1, 0.15) is 4.88 Å². The van der Waals surface area contributed by atoms with Crippen LogP contribution in [0.15, 0.2) is 65.1 Å². The number of benzene rings is 1. The minimum absolute atomic E-state index is 0.217. The van der Waals surface area contributed by atoms with E-state index in [-0.39, 0.29) is 5.91 Å². The van der Waals surface area contributed by atoms with Gasteiger partial charge in [-0.25, -0.2) is 4.79 Å². The molecule has 0 aliphatic carbocycles. The maximum atomic E-state index is 12.8. The molecule has 6 nitrogen and oxygen atoms in total. The van der Waals surface area contributed by atoms with Gasteiger partial charge in [-0.2, -0.15) is 0 Å². The standard InChI is InChI=1S/C21H14N2O4S3/c1-26-16-10-13(6-7-15(16)27-20(25)17-5-3-9-29-17)11-18-19(24)23(21(28)30-18)14-4-2-8-22-12-14/h2-12H,1H3/b18-11-. The first-order chi connectivity index (χ1) is 14.6. The smallest absolute Gasteiger partial charge is 0.353 e. The van der Waals surface area contributed by atoms with Crippen LogP contribution >= 0.6 is 35.3 Å². The van der Waals surface area contributed by atoms with E-state index in [1.807, 2.05) is 0 Å². The molecule has 0 unspecified atom stereocenters. The average molecular weight is 455 g/mol. The summed E-state index contributed by atoms with van der Waals surface area (Å²) in [5.74, 6) is 0.0194. The fraction of sp³-hybridized carbons (Fsp3) is 0.0476. The lowest BCUT2D eigenvalue weighted by atomic mass is 10.2. The minimum Gasteiger partial charge on any atom is -0.493 e. The summed E-state index contributed by atoms with van der Waals surface area (Å²) in [7, 11) is 1.49. The van der Waals surface area contributed by atoms with Crippen LogP contribution in [0.3, 0.4) is 0 Å². The van der Waals surface area contributed by atoms with Gasteiger partial charge in [-0.3, -0.25) is 14.7 Å². The number of thioether (sulfide) groups is 1. The molecule has 30 heavy (non-hydrogen) atoms. The monoisotopic (exact) mass is 454 g/mol. The summed E-state index contributed by atoms with van der Waals surface area (Å²) in [5, 5.41) is 1.80. The third kappa shape index (κ3) is 4.13. The van der Waals surface area contributed by atoms with Crippen LogP contribution in [-0.2, 0) is 4.79 Å². The highest BCUT2D eigenvalue weighted by Crippen LogP contribution is 2.37. The molecule has 0 atom stereocenters.